The Morgan fingerprint density at radius 1 is 1.15 bits per heavy atom. The van der Waals surface area contributed by atoms with Crippen LogP contribution in [0.25, 0.3) is 0 Å². The highest BCUT2D eigenvalue weighted by molar-refractivity contribution is 14.1. The Kier molecular flexibility index (Phi) is 5.87. The van der Waals surface area contributed by atoms with Crippen molar-refractivity contribution in [2.24, 2.45) is 0 Å². The van der Waals surface area contributed by atoms with Crippen molar-refractivity contribution in [2.75, 3.05) is 12.4 Å². The van der Waals surface area contributed by atoms with Gasteiger partial charge >= 0.3 is 0 Å². The summed E-state index contributed by atoms with van der Waals surface area (Å²) in [6.45, 7) is 0.497. The van der Waals surface area contributed by atoms with Gasteiger partial charge < -0.3 is 10.2 Å². The zero-order valence-corrected chi connectivity index (χ0v) is 17.2. The van der Waals surface area contributed by atoms with Crippen LogP contribution in [0, 0.1) is 3.57 Å². The quantitative estimate of drug-likeness (QED) is 0.529. The molecule has 1 saturated heterocycles. The fourth-order valence-corrected chi connectivity index (χ4v) is 3.49. The molecule has 5 nitrogen and oxygen atoms in total. The number of amides is 2. The largest absolute Gasteiger partial charge is 0.332 e. The second kappa shape index (κ2) is 8.13. The Hall–Kier alpha value is -2.00. The Labute approximate surface area is 171 Å². The van der Waals surface area contributed by atoms with E-state index in [0.717, 1.165) is 9.13 Å². The van der Waals surface area contributed by atoms with Crippen LogP contribution in [-0.4, -0.2) is 39.8 Å². The summed E-state index contributed by atoms with van der Waals surface area (Å²) < 4.78 is 1.09. The molecule has 1 atom stereocenters. The van der Waals surface area contributed by atoms with Gasteiger partial charge in [-0.3, -0.25) is 14.5 Å². The molecule has 134 valence electrons. The molecule has 1 aliphatic rings. The van der Waals surface area contributed by atoms with Crippen LogP contribution >= 0.6 is 34.8 Å². The smallest absolute Gasteiger partial charge is 0.251 e. The van der Waals surface area contributed by atoms with Gasteiger partial charge in [0.1, 0.15) is 6.04 Å². The summed E-state index contributed by atoms with van der Waals surface area (Å²) in [4.78, 5) is 28.3. The first-order chi connectivity index (χ1) is 12.5. The molecule has 7 heteroatoms. The summed E-state index contributed by atoms with van der Waals surface area (Å²) >= 11 is 7.62. The summed E-state index contributed by atoms with van der Waals surface area (Å²) in [5.41, 5.74) is 1.76. The Morgan fingerprint density at radius 3 is 2.46 bits per heavy atom. The summed E-state index contributed by atoms with van der Waals surface area (Å²) in [6.07, 6.45) is 0.0577. The molecule has 0 saturated carbocycles. The number of nitrogens with one attached hydrogen (secondary N) is 1. The van der Waals surface area contributed by atoms with Gasteiger partial charge in [0.05, 0.1) is 6.42 Å². The lowest BCUT2D eigenvalue weighted by Crippen LogP contribution is -2.37. The van der Waals surface area contributed by atoms with Crippen LogP contribution in [0.5, 0.6) is 0 Å². The standard InChI is InChI=1S/C19H18IN3O2S/c1-22-18(25)16(11-17(24)21-15-9-7-14(20)8-10-15)23(19(22)26)12-13-5-3-2-4-6-13/h2-10,16H,11-12H2,1H3,(H,21,24)/t16-/m1/s1. The van der Waals surface area contributed by atoms with Crippen LogP contribution in [0.15, 0.2) is 54.6 Å². The van der Waals surface area contributed by atoms with E-state index in [0.29, 0.717) is 17.3 Å². The molecular weight excluding hydrogens is 461 g/mol. The number of anilines is 1. The van der Waals surface area contributed by atoms with E-state index in [1.54, 1.807) is 7.05 Å². The minimum absolute atomic E-state index is 0.0577. The second-order valence-electron chi connectivity index (χ2n) is 6.07. The van der Waals surface area contributed by atoms with Gasteiger partial charge in [0.15, 0.2) is 5.11 Å². The molecule has 2 amide bonds. The lowest BCUT2D eigenvalue weighted by molar-refractivity contribution is -0.130. The summed E-state index contributed by atoms with van der Waals surface area (Å²) in [5.74, 6) is -0.357. The van der Waals surface area contributed by atoms with Crippen molar-refractivity contribution in [2.45, 2.75) is 19.0 Å². The fourth-order valence-electron chi connectivity index (χ4n) is 2.85. The van der Waals surface area contributed by atoms with Gasteiger partial charge in [0.25, 0.3) is 5.91 Å². The molecule has 0 spiro atoms. The molecule has 26 heavy (non-hydrogen) atoms. The Balaban J connectivity index is 1.72. The maximum absolute atomic E-state index is 12.6. The predicted octanol–water partition coefficient (Wildman–Crippen LogP) is 3.25. The van der Waals surface area contributed by atoms with Gasteiger partial charge in [-0.05, 0) is 64.6 Å². The number of carbonyl (C=O) groups excluding carboxylic acids is 2. The number of likely N-dealkylation sites (N-methyl/N-ethyl adjacent to an activating group) is 1. The molecule has 1 aliphatic heterocycles. The Bertz CT molecular complexity index is 826. The highest BCUT2D eigenvalue weighted by Gasteiger charge is 2.41. The highest BCUT2D eigenvalue weighted by Crippen LogP contribution is 2.23. The van der Waals surface area contributed by atoms with Crippen LogP contribution in [0.1, 0.15) is 12.0 Å². The molecule has 1 N–H and O–H groups in total. The van der Waals surface area contributed by atoms with Crippen LogP contribution in [0.3, 0.4) is 0 Å². The predicted molar refractivity (Wildman–Crippen MR) is 114 cm³/mol. The van der Waals surface area contributed by atoms with E-state index in [9.17, 15) is 9.59 Å². The van der Waals surface area contributed by atoms with Crippen LogP contribution in [0.2, 0.25) is 0 Å². The number of hydrogen-bond donors (Lipinski definition) is 1. The average molecular weight is 479 g/mol. The Morgan fingerprint density at radius 2 is 1.81 bits per heavy atom. The maximum atomic E-state index is 12.6. The molecule has 0 radical (unpaired) electrons. The zero-order chi connectivity index (χ0) is 18.7. The van der Waals surface area contributed by atoms with E-state index in [1.165, 1.54) is 4.90 Å². The number of rotatable bonds is 5. The van der Waals surface area contributed by atoms with Crippen LogP contribution < -0.4 is 5.32 Å². The molecule has 3 rings (SSSR count). The third-order valence-corrected chi connectivity index (χ3v) is 5.45. The summed E-state index contributed by atoms with van der Waals surface area (Å²) in [5, 5.41) is 3.30. The van der Waals surface area contributed by atoms with E-state index >= 15 is 0 Å². The van der Waals surface area contributed by atoms with E-state index in [-0.39, 0.29) is 18.2 Å². The van der Waals surface area contributed by atoms with Crippen molar-refractivity contribution in [3.63, 3.8) is 0 Å². The van der Waals surface area contributed by atoms with E-state index in [2.05, 4.69) is 27.9 Å². The van der Waals surface area contributed by atoms with Crippen molar-refractivity contribution < 1.29 is 9.59 Å². The van der Waals surface area contributed by atoms with Gasteiger partial charge in [0, 0.05) is 22.8 Å². The molecule has 2 aromatic carbocycles. The SMILES string of the molecule is CN1C(=O)[C@@H](CC(=O)Nc2ccc(I)cc2)N(Cc2ccccc2)C1=S. The molecular formula is C19H18IN3O2S. The summed E-state index contributed by atoms with van der Waals surface area (Å²) in [6, 6.07) is 16.7. The number of benzene rings is 2. The normalized spacial score (nSPS) is 16.9. The van der Waals surface area contributed by atoms with Crippen molar-refractivity contribution in [1.82, 2.24) is 9.80 Å². The van der Waals surface area contributed by atoms with Crippen LogP contribution in [0.4, 0.5) is 5.69 Å². The second-order valence-corrected chi connectivity index (χ2v) is 7.68. The topological polar surface area (TPSA) is 52.7 Å². The number of carbonyl (C=O) groups is 2. The lowest BCUT2D eigenvalue weighted by atomic mass is 10.1. The highest BCUT2D eigenvalue weighted by atomic mass is 127. The fraction of sp³-hybridized carbons (Fsp3) is 0.211. The molecule has 0 unspecified atom stereocenters. The van der Waals surface area contributed by atoms with E-state index in [1.807, 2.05) is 59.5 Å². The van der Waals surface area contributed by atoms with Gasteiger partial charge in [-0.2, -0.15) is 0 Å². The van der Waals surface area contributed by atoms with Crippen molar-refractivity contribution in [3.05, 3.63) is 63.7 Å². The maximum Gasteiger partial charge on any atom is 0.251 e. The molecule has 0 bridgehead atoms. The zero-order valence-electron chi connectivity index (χ0n) is 14.2. The first-order valence-corrected chi connectivity index (χ1v) is 9.62. The number of thiocarbonyl (C=S) groups is 1. The summed E-state index contributed by atoms with van der Waals surface area (Å²) in [7, 11) is 1.65. The third kappa shape index (κ3) is 4.21. The molecule has 1 fully saturated rings. The molecule has 1 heterocycles. The molecule has 2 aromatic rings. The van der Waals surface area contributed by atoms with Crippen molar-refractivity contribution in [3.8, 4) is 0 Å². The average Bonchev–Trinajstić information content (AvgIpc) is 2.83. The minimum atomic E-state index is -0.587. The van der Waals surface area contributed by atoms with Gasteiger partial charge in [0.2, 0.25) is 5.91 Å². The molecule has 0 aromatic heterocycles. The minimum Gasteiger partial charge on any atom is -0.332 e. The monoisotopic (exact) mass is 479 g/mol. The van der Waals surface area contributed by atoms with Gasteiger partial charge in [-0.15, -0.1) is 0 Å². The van der Waals surface area contributed by atoms with Crippen LogP contribution in [-0.2, 0) is 16.1 Å². The van der Waals surface area contributed by atoms with Gasteiger partial charge in [-0.1, -0.05) is 30.3 Å². The first kappa shape index (κ1) is 18.8. The van der Waals surface area contributed by atoms with E-state index < -0.39 is 6.04 Å². The molecule has 0 aliphatic carbocycles. The number of halogens is 1. The number of hydrogen-bond acceptors (Lipinski definition) is 3. The third-order valence-electron chi connectivity index (χ3n) is 4.23. The lowest BCUT2D eigenvalue weighted by Gasteiger charge is -2.23. The van der Waals surface area contributed by atoms with E-state index in [4.69, 9.17) is 12.2 Å². The van der Waals surface area contributed by atoms with Crippen molar-refractivity contribution >= 4 is 57.4 Å². The van der Waals surface area contributed by atoms with Crippen molar-refractivity contribution in [1.29, 1.82) is 0 Å². The van der Waals surface area contributed by atoms with Gasteiger partial charge in [-0.25, -0.2) is 0 Å². The first-order valence-electron chi connectivity index (χ1n) is 8.13. The number of nitrogens with zero attached hydrogens (tertiary/aromatic N) is 2.